The van der Waals surface area contributed by atoms with Crippen LogP contribution in [0, 0.1) is 5.82 Å². The Morgan fingerprint density at radius 1 is 1.25 bits per heavy atom. The smallest absolute Gasteiger partial charge is 0.289 e. The molecule has 1 aromatic heterocycles. The van der Waals surface area contributed by atoms with Gasteiger partial charge in [-0.2, -0.15) is 0 Å². The molecule has 3 rings (SSSR count). The SMILES string of the molecule is CN=C(NCc1ccc(OC)c(F)c1)N1CCN(C(=O)c2ccco2)CC1.I. The first-order valence-electron chi connectivity index (χ1n) is 8.73. The molecule has 1 amide bonds. The Hall–Kier alpha value is -2.30. The zero-order chi connectivity index (χ0) is 19.2. The van der Waals surface area contributed by atoms with Crippen LogP contribution in [0.2, 0.25) is 0 Å². The molecule has 1 N–H and O–H groups in total. The Balaban J connectivity index is 0.00000280. The van der Waals surface area contributed by atoms with E-state index in [0.29, 0.717) is 38.5 Å². The van der Waals surface area contributed by atoms with Crippen molar-refractivity contribution in [2.75, 3.05) is 40.3 Å². The van der Waals surface area contributed by atoms with Crippen molar-refractivity contribution >= 4 is 35.8 Å². The van der Waals surface area contributed by atoms with E-state index in [2.05, 4.69) is 15.2 Å². The van der Waals surface area contributed by atoms with Gasteiger partial charge in [0.15, 0.2) is 23.3 Å². The van der Waals surface area contributed by atoms with Crippen LogP contribution >= 0.6 is 24.0 Å². The molecule has 0 spiro atoms. The Morgan fingerprint density at radius 3 is 2.54 bits per heavy atom. The number of halogens is 2. The molecule has 9 heteroatoms. The van der Waals surface area contributed by atoms with Crippen molar-refractivity contribution in [3.05, 3.63) is 53.7 Å². The van der Waals surface area contributed by atoms with Gasteiger partial charge >= 0.3 is 0 Å². The van der Waals surface area contributed by atoms with Crippen molar-refractivity contribution in [2.45, 2.75) is 6.54 Å². The maximum atomic E-state index is 13.8. The van der Waals surface area contributed by atoms with Gasteiger partial charge in [-0.1, -0.05) is 6.07 Å². The molecule has 1 aromatic carbocycles. The van der Waals surface area contributed by atoms with E-state index >= 15 is 0 Å². The number of carbonyl (C=O) groups is 1. The number of carbonyl (C=O) groups excluding carboxylic acids is 1. The van der Waals surface area contributed by atoms with Crippen molar-refractivity contribution < 1.29 is 18.3 Å². The van der Waals surface area contributed by atoms with Gasteiger partial charge in [-0.25, -0.2) is 4.39 Å². The summed E-state index contributed by atoms with van der Waals surface area (Å²) >= 11 is 0. The second-order valence-corrected chi connectivity index (χ2v) is 6.13. The van der Waals surface area contributed by atoms with Gasteiger partial charge in [0, 0.05) is 39.8 Å². The monoisotopic (exact) mass is 502 g/mol. The fourth-order valence-corrected chi connectivity index (χ4v) is 3.01. The maximum absolute atomic E-state index is 13.8. The van der Waals surface area contributed by atoms with Crippen LogP contribution in [0.15, 0.2) is 46.0 Å². The van der Waals surface area contributed by atoms with Gasteiger partial charge in [0.1, 0.15) is 0 Å². The van der Waals surface area contributed by atoms with Crippen molar-refractivity contribution in [1.29, 1.82) is 0 Å². The summed E-state index contributed by atoms with van der Waals surface area (Å²) in [6.07, 6.45) is 1.50. The molecular formula is C19H24FIN4O3. The van der Waals surface area contributed by atoms with Crippen molar-refractivity contribution in [3.63, 3.8) is 0 Å². The van der Waals surface area contributed by atoms with Crippen LogP contribution < -0.4 is 10.1 Å². The Kier molecular flexibility index (Phi) is 8.09. The third-order valence-electron chi connectivity index (χ3n) is 4.48. The maximum Gasteiger partial charge on any atom is 0.289 e. The average Bonchev–Trinajstić information content (AvgIpc) is 3.23. The normalized spacial score (nSPS) is 14.5. The highest BCUT2D eigenvalue weighted by Crippen LogP contribution is 2.17. The molecule has 0 aliphatic carbocycles. The number of guanidine groups is 1. The van der Waals surface area contributed by atoms with Gasteiger partial charge < -0.3 is 24.3 Å². The third-order valence-corrected chi connectivity index (χ3v) is 4.48. The molecule has 0 saturated carbocycles. The van der Waals surface area contributed by atoms with E-state index in [1.165, 1.54) is 19.4 Å². The van der Waals surface area contributed by atoms with Gasteiger partial charge in [-0.05, 0) is 29.8 Å². The first kappa shape index (κ1) is 22.0. The topological polar surface area (TPSA) is 70.3 Å². The number of hydrogen-bond acceptors (Lipinski definition) is 4. The van der Waals surface area contributed by atoms with Crippen molar-refractivity contribution in [3.8, 4) is 5.75 Å². The molecule has 0 bridgehead atoms. The number of amides is 1. The largest absolute Gasteiger partial charge is 0.494 e. The molecule has 0 atom stereocenters. The predicted octanol–water partition coefficient (Wildman–Crippen LogP) is 2.58. The number of aliphatic imine (C=N–C) groups is 1. The van der Waals surface area contributed by atoms with Gasteiger partial charge in [-0.15, -0.1) is 24.0 Å². The molecule has 28 heavy (non-hydrogen) atoms. The molecule has 1 saturated heterocycles. The molecule has 1 fully saturated rings. The average molecular weight is 502 g/mol. The number of nitrogens with one attached hydrogen (secondary N) is 1. The zero-order valence-corrected chi connectivity index (χ0v) is 18.2. The fraction of sp³-hybridized carbons (Fsp3) is 0.368. The van der Waals surface area contributed by atoms with Crippen LogP contribution in [0.3, 0.4) is 0 Å². The highest BCUT2D eigenvalue weighted by Gasteiger charge is 2.25. The third kappa shape index (κ3) is 5.15. The van der Waals surface area contributed by atoms with Crippen LogP contribution in [-0.4, -0.2) is 62.0 Å². The molecule has 1 aliphatic rings. The lowest BCUT2D eigenvalue weighted by molar-refractivity contribution is 0.0657. The van der Waals surface area contributed by atoms with E-state index < -0.39 is 5.82 Å². The van der Waals surface area contributed by atoms with Gasteiger partial charge in [0.25, 0.3) is 5.91 Å². The van der Waals surface area contributed by atoms with Gasteiger partial charge in [0.2, 0.25) is 0 Å². The summed E-state index contributed by atoms with van der Waals surface area (Å²) in [5.41, 5.74) is 0.793. The molecule has 152 valence electrons. The first-order chi connectivity index (χ1) is 13.1. The lowest BCUT2D eigenvalue weighted by Gasteiger charge is -2.36. The van der Waals surface area contributed by atoms with Crippen molar-refractivity contribution in [1.82, 2.24) is 15.1 Å². The minimum Gasteiger partial charge on any atom is -0.494 e. The molecular weight excluding hydrogens is 478 g/mol. The first-order valence-corrected chi connectivity index (χ1v) is 8.73. The van der Waals surface area contributed by atoms with E-state index in [9.17, 15) is 9.18 Å². The van der Waals surface area contributed by atoms with E-state index in [1.54, 1.807) is 30.1 Å². The zero-order valence-electron chi connectivity index (χ0n) is 15.9. The molecule has 2 aromatic rings. The molecule has 7 nitrogen and oxygen atoms in total. The summed E-state index contributed by atoms with van der Waals surface area (Å²) in [6, 6.07) is 8.23. The predicted molar refractivity (Wildman–Crippen MR) is 115 cm³/mol. The Labute approximate surface area is 180 Å². The van der Waals surface area contributed by atoms with Crippen LogP contribution in [-0.2, 0) is 6.54 Å². The standard InChI is InChI=1S/C19H23FN4O3.HI/c1-21-19(22-13-14-5-6-16(26-2)15(20)12-14)24-9-7-23(8-10-24)18(25)17-4-3-11-27-17;/h3-6,11-12H,7-10,13H2,1-2H3,(H,21,22);1H. The number of hydrogen-bond donors (Lipinski definition) is 1. The van der Waals surface area contributed by atoms with Crippen LogP contribution in [0.1, 0.15) is 16.1 Å². The molecule has 2 heterocycles. The number of nitrogens with zero attached hydrogens (tertiary/aromatic N) is 3. The summed E-state index contributed by atoms with van der Waals surface area (Å²) in [7, 11) is 3.14. The lowest BCUT2D eigenvalue weighted by Crippen LogP contribution is -2.53. The van der Waals surface area contributed by atoms with Crippen LogP contribution in [0.5, 0.6) is 5.75 Å². The van der Waals surface area contributed by atoms with Gasteiger partial charge in [0.05, 0.1) is 13.4 Å². The minimum atomic E-state index is -0.392. The number of piperazine rings is 1. The van der Waals surface area contributed by atoms with Crippen molar-refractivity contribution in [2.24, 2.45) is 4.99 Å². The second kappa shape index (κ2) is 10.3. The van der Waals surface area contributed by atoms with E-state index in [0.717, 1.165) is 11.5 Å². The Morgan fingerprint density at radius 2 is 1.96 bits per heavy atom. The summed E-state index contributed by atoms with van der Waals surface area (Å²) in [6.45, 7) is 2.92. The van der Waals surface area contributed by atoms with Gasteiger partial charge in [-0.3, -0.25) is 9.79 Å². The van der Waals surface area contributed by atoms with E-state index in [1.807, 2.05) is 6.07 Å². The Bertz CT molecular complexity index is 806. The number of benzene rings is 1. The number of rotatable bonds is 4. The number of furan rings is 1. The number of methoxy groups -OCH3 is 1. The van der Waals surface area contributed by atoms with Crippen LogP contribution in [0.4, 0.5) is 4.39 Å². The fourth-order valence-electron chi connectivity index (χ4n) is 3.01. The molecule has 0 unspecified atom stereocenters. The summed E-state index contributed by atoms with van der Waals surface area (Å²) in [5.74, 6) is 0.803. The number of ether oxygens (including phenoxy) is 1. The minimum absolute atomic E-state index is 0. The second-order valence-electron chi connectivity index (χ2n) is 6.13. The quantitative estimate of drug-likeness (QED) is 0.396. The summed E-state index contributed by atoms with van der Waals surface area (Å²) in [5, 5.41) is 3.24. The van der Waals surface area contributed by atoms with E-state index in [-0.39, 0.29) is 35.6 Å². The highest BCUT2D eigenvalue weighted by molar-refractivity contribution is 14.0. The van der Waals surface area contributed by atoms with Crippen LogP contribution in [0.25, 0.3) is 0 Å². The van der Waals surface area contributed by atoms with E-state index in [4.69, 9.17) is 9.15 Å². The highest BCUT2D eigenvalue weighted by atomic mass is 127. The lowest BCUT2D eigenvalue weighted by atomic mass is 10.2. The summed E-state index contributed by atoms with van der Waals surface area (Å²) in [4.78, 5) is 20.5. The summed E-state index contributed by atoms with van der Waals surface area (Å²) < 4.78 is 23.9. The molecule has 0 radical (unpaired) electrons. The molecule has 1 aliphatic heterocycles.